The number of alkyl halides is 2. The van der Waals surface area contributed by atoms with Gasteiger partial charge in [0.1, 0.15) is 12.1 Å². The molecule has 1 aromatic carbocycles. The molecule has 1 aliphatic rings. The molecule has 1 atom stereocenters. The van der Waals surface area contributed by atoms with Gasteiger partial charge >= 0.3 is 6.29 Å². The van der Waals surface area contributed by atoms with Crippen LogP contribution >= 0.6 is 0 Å². The van der Waals surface area contributed by atoms with Gasteiger partial charge in [0.15, 0.2) is 11.5 Å². The molecule has 0 fully saturated rings. The minimum absolute atomic E-state index is 0.0586. The Morgan fingerprint density at radius 1 is 1.22 bits per heavy atom. The predicted octanol–water partition coefficient (Wildman–Crippen LogP) is 2.68. The zero-order valence-electron chi connectivity index (χ0n) is 14.8. The summed E-state index contributed by atoms with van der Waals surface area (Å²) in [4.78, 5) is 8.33. The third kappa shape index (κ3) is 3.23. The molecule has 4 rings (SSSR count). The number of nitrogens with one attached hydrogen (secondary N) is 1. The van der Waals surface area contributed by atoms with Crippen molar-refractivity contribution in [3.63, 3.8) is 0 Å². The van der Waals surface area contributed by atoms with Gasteiger partial charge in [-0.25, -0.2) is 4.98 Å². The summed E-state index contributed by atoms with van der Waals surface area (Å²) >= 11 is 0. The Labute approximate surface area is 152 Å². The molecule has 3 aromatic rings. The van der Waals surface area contributed by atoms with Crippen molar-refractivity contribution in [3.8, 4) is 11.5 Å². The third-order valence-corrected chi connectivity index (χ3v) is 4.14. The number of benzene rings is 1. The molecule has 2 aromatic heterocycles. The molecule has 8 nitrogen and oxygen atoms in total. The average molecular weight is 377 g/mol. The lowest BCUT2D eigenvalue weighted by Gasteiger charge is -2.31. The van der Waals surface area contributed by atoms with Crippen LogP contribution < -0.4 is 14.8 Å². The summed E-state index contributed by atoms with van der Waals surface area (Å²) in [5.74, 6) is 0.796. The highest BCUT2D eigenvalue weighted by Gasteiger charge is 2.44. The van der Waals surface area contributed by atoms with E-state index in [1.807, 2.05) is 6.92 Å². The number of aromatic nitrogens is 4. The van der Waals surface area contributed by atoms with Crippen LogP contribution in [0.15, 0.2) is 30.6 Å². The Morgan fingerprint density at radius 2 is 1.96 bits per heavy atom. The third-order valence-electron chi connectivity index (χ3n) is 4.14. The lowest BCUT2D eigenvalue weighted by atomic mass is 9.91. The van der Waals surface area contributed by atoms with Crippen molar-refractivity contribution < 1.29 is 23.4 Å². The van der Waals surface area contributed by atoms with Crippen molar-refractivity contribution in [2.45, 2.75) is 38.7 Å². The molecule has 0 saturated carbocycles. The van der Waals surface area contributed by atoms with Crippen LogP contribution in [0, 0.1) is 6.92 Å². The van der Waals surface area contributed by atoms with Gasteiger partial charge in [0.05, 0.1) is 11.6 Å². The molecule has 2 N–H and O–H groups in total. The van der Waals surface area contributed by atoms with Crippen LogP contribution in [0.4, 0.5) is 14.6 Å². The van der Waals surface area contributed by atoms with Crippen LogP contribution in [0.3, 0.4) is 0 Å². The molecular weight excluding hydrogens is 360 g/mol. The van der Waals surface area contributed by atoms with E-state index in [4.69, 9.17) is 0 Å². The number of fused-ring (bicyclic) bond motifs is 2. The summed E-state index contributed by atoms with van der Waals surface area (Å²) in [7, 11) is 0. The Bertz CT molecular complexity index is 1020. The van der Waals surface area contributed by atoms with E-state index in [-0.39, 0.29) is 11.5 Å². The van der Waals surface area contributed by atoms with Crippen LogP contribution in [-0.4, -0.2) is 36.6 Å². The van der Waals surface area contributed by atoms with Crippen molar-refractivity contribution in [1.82, 2.24) is 19.6 Å². The monoisotopic (exact) mass is 377 g/mol. The summed E-state index contributed by atoms with van der Waals surface area (Å²) in [6.45, 7) is 5.02. The molecule has 27 heavy (non-hydrogen) atoms. The van der Waals surface area contributed by atoms with Crippen LogP contribution in [0.25, 0.3) is 5.78 Å². The van der Waals surface area contributed by atoms with E-state index in [1.54, 1.807) is 26.0 Å². The second-order valence-electron chi connectivity index (χ2n) is 6.86. The Kier molecular flexibility index (Phi) is 3.70. The lowest BCUT2D eigenvalue weighted by Crippen LogP contribution is -2.35. The zero-order chi connectivity index (χ0) is 19.4. The minimum atomic E-state index is -3.70. The maximum Gasteiger partial charge on any atom is 0.586 e. The van der Waals surface area contributed by atoms with Gasteiger partial charge in [-0.2, -0.15) is 14.6 Å². The molecule has 0 spiro atoms. The fourth-order valence-corrected chi connectivity index (χ4v) is 2.99. The SMILES string of the molecule is Cc1cc(NC(c2ccc3c(c2)OC(F)(F)O3)C(C)(C)O)n2ncnc2n1. The average Bonchev–Trinajstić information content (AvgIpc) is 3.12. The van der Waals surface area contributed by atoms with Gasteiger partial charge in [0.25, 0.3) is 5.78 Å². The summed E-state index contributed by atoms with van der Waals surface area (Å²) in [6, 6.07) is 5.47. The predicted molar refractivity (Wildman–Crippen MR) is 90.8 cm³/mol. The Balaban J connectivity index is 1.74. The molecular formula is C17H17F2N5O3. The summed E-state index contributed by atoms with van der Waals surface area (Å²) < 4.78 is 37.0. The summed E-state index contributed by atoms with van der Waals surface area (Å²) in [5, 5.41) is 18.0. The van der Waals surface area contributed by atoms with Crippen LogP contribution in [0.5, 0.6) is 11.5 Å². The van der Waals surface area contributed by atoms with Gasteiger partial charge in [-0.15, -0.1) is 8.78 Å². The standard InChI is InChI=1S/C17H17F2N5O3/c1-9-6-13(24-15(22-9)20-8-21-24)23-14(16(2,3)25)10-4-5-11-12(7-10)27-17(18,19)26-11/h4-8,14,23,25H,1-3H3. The number of hydrogen-bond donors (Lipinski definition) is 2. The molecule has 10 heteroatoms. The Hall–Kier alpha value is -3.01. The maximum atomic E-state index is 13.3. The number of aryl methyl sites for hydroxylation is 1. The molecule has 0 bridgehead atoms. The van der Waals surface area contributed by atoms with Gasteiger partial charge in [-0.3, -0.25) is 0 Å². The fraction of sp³-hybridized carbons (Fsp3) is 0.353. The van der Waals surface area contributed by atoms with Crippen LogP contribution in [0.1, 0.15) is 31.1 Å². The van der Waals surface area contributed by atoms with Crippen LogP contribution in [0.2, 0.25) is 0 Å². The largest absolute Gasteiger partial charge is 0.586 e. The minimum Gasteiger partial charge on any atom is -0.395 e. The van der Waals surface area contributed by atoms with Crippen molar-refractivity contribution in [1.29, 1.82) is 0 Å². The van der Waals surface area contributed by atoms with E-state index in [1.165, 1.54) is 23.0 Å². The number of rotatable bonds is 4. The zero-order valence-corrected chi connectivity index (χ0v) is 14.8. The Morgan fingerprint density at radius 3 is 2.70 bits per heavy atom. The first kappa shape index (κ1) is 17.4. The number of nitrogens with zero attached hydrogens (tertiary/aromatic N) is 4. The quantitative estimate of drug-likeness (QED) is 0.722. The van der Waals surface area contributed by atoms with Gasteiger partial charge in [-0.05, 0) is 38.5 Å². The van der Waals surface area contributed by atoms with E-state index in [2.05, 4.69) is 29.9 Å². The number of halogens is 2. The lowest BCUT2D eigenvalue weighted by molar-refractivity contribution is -0.286. The van der Waals surface area contributed by atoms with E-state index in [0.717, 1.165) is 0 Å². The number of anilines is 1. The summed E-state index contributed by atoms with van der Waals surface area (Å²) in [6.07, 6.45) is -2.33. The van der Waals surface area contributed by atoms with E-state index >= 15 is 0 Å². The van der Waals surface area contributed by atoms with E-state index < -0.39 is 17.9 Å². The second-order valence-corrected chi connectivity index (χ2v) is 6.86. The van der Waals surface area contributed by atoms with Crippen molar-refractivity contribution in [2.75, 3.05) is 5.32 Å². The smallest absolute Gasteiger partial charge is 0.395 e. The number of aliphatic hydroxyl groups is 1. The van der Waals surface area contributed by atoms with Crippen LogP contribution in [-0.2, 0) is 0 Å². The van der Waals surface area contributed by atoms with Gasteiger partial charge in [0.2, 0.25) is 0 Å². The molecule has 3 heterocycles. The summed E-state index contributed by atoms with van der Waals surface area (Å²) in [5.41, 5.74) is -0.0107. The first-order valence-electron chi connectivity index (χ1n) is 8.18. The molecule has 142 valence electrons. The van der Waals surface area contributed by atoms with E-state index in [9.17, 15) is 13.9 Å². The number of ether oxygens (including phenoxy) is 2. The second kappa shape index (κ2) is 5.74. The fourth-order valence-electron chi connectivity index (χ4n) is 2.99. The highest BCUT2D eigenvalue weighted by Crippen LogP contribution is 2.43. The molecule has 1 unspecified atom stereocenters. The topological polar surface area (TPSA) is 93.8 Å². The highest BCUT2D eigenvalue weighted by atomic mass is 19.3. The van der Waals surface area contributed by atoms with Gasteiger partial charge in [-0.1, -0.05) is 6.07 Å². The van der Waals surface area contributed by atoms with Crippen molar-refractivity contribution in [3.05, 3.63) is 41.9 Å². The van der Waals surface area contributed by atoms with Gasteiger partial charge < -0.3 is 19.9 Å². The van der Waals surface area contributed by atoms with Crippen molar-refractivity contribution >= 4 is 11.6 Å². The number of hydrogen-bond acceptors (Lipinski definition) is 7. The molecule has 0 saturated heterocycles. The highest BCUT2D eigenvalue weighted by molar-refractivity contribution is 5.51. The molecule has 1 aliphatic heterocycles. The molecule has 0 radical (unpaired) electrons. The van der Waals surface area contributed by atoms with Gasteiger partial charge in [0, 0.05) is 11.8 Å². The maximum absolute atomic E-state index is 13.3. The van der Waals surface area contributed by atoms with Crippen molar-refractivity contribution in [2.24, 2.45) is 0 Å². The normalized spacial score (nSPS) is 16.5. The molecule has 0 amide bonds. The first-order chi connectivity index (χ1) is 12.6. The first-order valence-corrected chi connectivity index (χ1v) is 8.18. The molecule has 0 aliphatic carbocycles. The van der Waals surface area contributed by atoms with E-state index in [0.29, 0.717) is 22.9 Å².